The number of aliphatic hydroxyl groups is 1. The summed E-state index contributed by atoms with van der Waals surface area (Å²) in [6, 6.07) is 4.94. The van der Waals surface area contributed by atoms with E-state index in [1.165, 1.54) is 6.07 Å². The molecule has 0 bridgehead atoms. The smallest absolute Gasteiger partial charge is 0.146 e. The fraction of sp³-hybridized carbons (Fsp3) is 0.571. The van der Waals surface area contributed by atoms with Gasteiger partial charge in [-0.2, -0.15) is 0 Å². The van der Waals surface area contributed by atoms with Crippen LogP contribution < -0.4 is 4.90 Å². The van der Waals surface area contributed by atoms with E-state index in [1.54, 1.807) is 19.1 Å². The van der Waals surface area contributed by atoms with Crippen LogP contribution in [0.5, 0.6) is 0 Å². The summed E-state index contributed by atoms with van der Waals surface area (Å²) in [6.07, 6.45) is 0.473. The average molecular weight is 253 g/mol. The first-order chi connectivity index (χ1) is 8.61. The lowest BCUT2D eigenvalue weighted by molar-refractivity contribution is 0.0382. The van der Waals surface area contributed by atoms with Crippen molar-refractivity contribution in [3.63, 3.8) is 0 Å². The van der Waals surface area contributed by atoms with E-state index in [9.17, 15) is 9.50 Å². The molecule has 4 heteroatoms. The van der Waals surface area contributed by atoms with Gasteiger partial charge < -0.3 is 14.7 Å². The van der Waals surface area contributed by atoms with Crippen LogP contribution in [0.2, 0.25) is 0 Å². The first kappa shape index (κ1) is 13.3. The maximum Gasteiger partial charge on any atom is 0.146 e. The maximum absolute atomic E-state index is 14.0. The minimum Gasteiger partial charge on any atom is -0.389 e. The van der Waals surface area contributed by atoms with E-state index in [0.29, 0.717) is 24.4 Å². The van der Waals surface area contributed by atoms with Crippen LogP contribution in [0.25, 0.3) is 0 Å². The van der Waals surface area contributed by atoms with Crippen LogP contribution in [0.4, 0.5) is 10.1 Å². The molecule has 1 aliphatic heterocycles. The molecule has 1 N–H and O–H groups in total. The first-order valence-corrected chi connectivity index (χ1v) is 6.46. The van der Waals surface area contributed by atoms with Crippen molar-refractivity contribution in [2.24, 2.45) is 0 Å². The van der Waals surface area contributed by atoms with Crippen LogP contribution >= 0.6 is 0 Å². The molecule has 0 aromatic heterocycles. The molecule has 18 heavy (non-hydrogen) atoms. The average Bonchev–Trinajstić information content (AvgIpc) is 2.38. The largest absolute Gasteiger partial charge is 0.389 e. The van der Waals surface area contributed by atoms with Crippen molar-refractivity contribution in [1.82, 2.24) is 0 Å². The molecule has 1 unspecified atom stereocenters. The number of nitrogens with zero attached hydrogens (tertiary/aromatic N) is 1. The molecule has 1 heterocycles. The molecule has 0 aliphatic carbocycles. The van der Waals surface area contributed by atoms with E-state index < -0.39 is 6.10 Å². The van der Waals surface area contributed by atoms with E-state index in [-0.39, 0.29) is 11.9 Å². The van der Waals surface area contributed by atoms with Crippen LogP contribution in [0.3, 0.4) is 0 Å². The van der Waals surface area contributed by atoms with Gasteiger partial charge in [-0.3, -0.25) is 0 Å². The van der Waals surface area contributed by atoms with Gasteiger partial charge in [-0.05, 0) is 31.0 Å². The van der Waals surface area contributed by atoms with Gasteiger partial charge in [0.25, 0.3) is 0 Å². The molecule has 3 nitrogen and oxygen atoms in total. The lowest BCUT2D eigenvalue weighted by Crippen LogP contribution is -2.42. The zero-order valence-corrected chi connectivity index (χ0v) is 10.9. The molecule has 0 saturated carbocycles. The third-order valence-electron chi connectivity index (χ3n) is 3.39. The quantitative estimate of drug-likeness (QED) is 0.898. The number of aliphatic hydroxyl groups excluding tert-OH is 1. The van der Waals surface area contributed by atoms with Gasteiger partial charge >= 0.3 is 0 Å². The third kappa shape index (κ3) is 2.82. The Hall–Kier alpha value is -1.13. The molecular formula is C14H20FNO2. The second-order valence-corrected chi connectivity index (χ2v) is 4.73. The lowest BCUT2D eigenvalue weighted by Gasteiger charge is -2.34. The molecule has 1 aromatic carbocycles. The van der Waals surface area contributed by atoms with Crippen LogP contribution in [0.1, 0.15) is 31.9 Å². The Morgan fingerprint density at radius 3 is 2.94 bits per heavy atom. The van der Waals surface area contributed by atoms with Gasteiger partial charge in [0.05, 0.1) is 24.5 Å². The molecule has 0 spiro atoms. The number of anilines is 1. The SMILES string of the molecule is CCC1CN(c2ccc([C@@H](C)O)cc2F)CCO1. The summed E-state index contributed by atoms with van der Waals surface area (Å²) in [5, 5.41) is 9.43. The van der Waals surface area contributed by atoms with E-state index in [1.807, 2.05) is 4.90 Å². The summed E-state index contributed by atoms with van der Waals surface area (Å²) < 4.78 is 19.6. The van der Waals surface area contributed by atoms with Crippen molar-refractivity contribution in [1.29, 1.82) is 0 Å². The summed E-state index contributed by atoms with van der Waals surface area (Å²) in [4.78, 5) is 2.01. The number of rotatable bonds is 3. The van der Waals surface area contributed by atoms with Crippen molar-refractivity contribution in [2.45, 2.75) is 32.5 Å². The highest BCUT2D eigenvalue weighted by Crippen LogP contribution is 2.25. The minimum atomic E-state index is -0.637. The van der Waals surface area contributed by atoms with Crippen molar-refractivity contribution >= 4 is 5.69 Å². The molecule has 0 radical (unpaired) electrons. The second-order valence-electron chi connectivity index (χ2n) is 4.73. The van der Waals surface area contributed by atoms with Crippen molar-refractivity contribution in [3.05, 3.63) is 29.6 Å². The standard InChI is InChI=1S/C14H20FNO2/c1-3-12-9-16(6-7-18-12)14-5-4-11(10(2)17)8-13(14)15/h4-5,8,10,12,17H,3,6-7,9H2,1-2H3/t10-,12?/m1/s1. The number of hydrogen-bond donors (Lipinski definition) is 1. The molecule has 0 amide bonds. The summed E-state index contributed by atoms with van der Waals surface area (Å²) in [5.74, 6) is -0.273. The van der Waals surface area contributed by atoms with Crippen LogP contribution in [-0.4, -0.2) is 30.9 Å². The Bertz CT molecular complexity index is 409. The third-order valence-corrected chi connectivity index (χ3v) is 3.39. The van der Waals surface area contributed by atoms with Crippen LogP contribution in [0, 0.1) is 5.82 Å². The Labute approximate surface area is 107 Å². The summed E-state index contributed by atoms with van der Waals surface area (Å²) in [5.41, 5.74) is 1.21. The predicted molar refractivity (Wildman–Crippen MR) is 69.3 cm³/mol. The Balaban J connectivity index is 2.17. The zero-order chi connectivity index (χ0) is 13.1. The Morgan fingerprint density at radius 2 is 2.33 bits per heavy atom. The molecule has 100 valence electrons. The normalized spacial score (nSPS) is 22.0. The fourth-order valence-corrected chi connectivity index (χ4v) is 2.22. The number of hydrogen-bond acceptors (Lipinski definition) is 3. The number of morpholine rings is 1. The topological polar surface area (TPSA) is 32.7 Å². The van der Waals surface area contributed by atoms with Gasteiger partial charge in [0.15, 0.2) is 0 Å². The minimum absolute atomic E-state index is 0.176. The van der Waals surface area contributed by atoms with E-state index in [2.05, 4.69) is 6.92 Å². The van der Waals surface area contributed by atoms with Crippen molar-refractivity contribution in [2.75, 3.05) is 24.6 Å². The Morgan fingerprint density at radius 1 is 1.56 bits per heavy atom. The van der Waals surface area contributed by atoms with E-state index in [4.69, 9.17) is 4.74 Å². The molecule has 1 fully saturated rings. The molecule has 1 aromatic rings. The highest BCUT2D eigenvalue weighted by atomic mass is 19.1. The number of halogens is 1. The number of ether oxygens (including phenoxy) is 1. The van der Waals surface area contributed by atoms with E-state index >= 15 is 0 Å². The van der Waals surface area contributed by atoms with Crippen LogP contribution in [-0.2, 0) is 4.74 Å². The van der Waals surface area contributed by atoms with Crippen molar-refractivity contribution < 1.29 is 14.2 Å². The molecule has 1 saturated heterocycles. The van der Waals surface area contributed by atoms with Crippen LogP contribution in [0.15, 0.2) is 18.2 Å². The molecular weight excluding hydrogens is 233 g/mol. The zero-order valence-electron chi connectivity index (χ0n) is 10.9. The predicted octanol–water partition coefficient (Wildman–Crippen LogP) is 2.49. The summed E-state index contributed by atoms with van der Waals surface area (Å²) in [7, 11) is 0. The van der Waals surface area contributed by atoms with Gasteiger partial charge in [-0.1, -0.05) is 13.0 Å². The van der Waals surface area contributed by atoms with Gasteiger partial charge in [0.1, 0.15) is 5.82 Å². The first-order valence-electron chi connectivity index (χ1n) is 6.46. The fourth-order valence-electron chi connectivity index (χ4n) is 2.22. The maximum atomic E-state index is 14.0. The van der Waals surface area contributed by atoms with Gasteiger partial charge in [-0.25, -0.2) is 4.39 Å². The highest BCUT2D eigenvalue weighted by Gasteiger charge is 2.21. The number of benzene rings is 1. The van der Waals surface area contributed by atoms with Gasteiger partial charge in [0.2, 0.25) is 0 Å². The van der Waals surface area contributed by atoms with Gasteiger partial charge in [0, 0.05) is 13.1 Å². The van der Waals surface area contributed by atoms with Crippen molar-refractivity contribution in [3.8, 4) is 0 Å². The summed E-state index contributed by atoms with van der Waals surface area (Å²) in [6.45, 7) is 5.77. The molecule has 2 rings (SSSR count). The monoisotopic (exact) mass is 253 g/mol. The Kier molecular flexibility index (Phi) is 4.19. The molecule has 2 atom stereocenters. The lowest BCUT2D eigenvalue weighted by atomic mass is 10.1. The van der Waals surface area contributed by atoms with E-state index in [0.717, 1.165) is 13.0 Å². The molecule has 1 aliphatic rings. The second kappa shape index (κ2) is 5.67. The highest BCUT2D eigenvalue weighted by molar-refractivity contribution is 5.50. The summed E-state index contributed by atoms with van der Waals surface area (Å²) >= 11 is 0. The van der Waals surface area contributed by atoms with Gasteiger partial charge in [-0.15, -0.1) is 0 Å².